The molecule has 0 bridgehead atoms. The van der Waals surface area contributed by atoms with Crippen molar-refractivity contribution in [2.45, 2.75) is 49.8 Å². The minimum atomic E-state index is -0.777. The molecule has 1 aromatic heterocycles. The van der Waals surface area contributed by atoms with Gasteiger partial charge in [0.25, 0.3) is 0 Å². The molecule has 1 aliphatic carbocycles. The van der Waals surface area contributed by atoms with Crippen molar-refractivity contribution in [3.63, 3.8) is 0 Å². The first kappa shape index (κ1) is 13.0. The van der Waals surface area contributed by atoms with Gasteiger partial charge in [-0.05, 0) is 50.8 Å². The fourth-order valence-electron chi connectivity index (χ4n) is 3.20. The maximum Gasteiger partial charge on any atom is 0.108 e. The van der Waals surface area contributed by atoms with E-state index < -0.39 is 5.60 Å². The van der Waals surface area contributed by atoms with Gasteiger partial charge in [-0.3, -0.25) is 0 Å². The minimum Gasteiger partial charge on any atom is -0.383 e. The molecule has 1 saturated carbocycles. The van der Waals surface area contributed by atoms with Crippen molar-refractivity contribution < 1.29 is 5.11 Å². The molecular weight excluding hydrogens is 240 g/mol. The van der Waals surface area contributed by atoms with Crippen LogP contribution >= 0.6 is 0 Å². The first-order valence-corrected chi connectivity index (χ1v) is 7.24. The SMILES string of the molecule is OC1(c2cccnn2)CCC(N[C@H]2CCNC2)CC1. The summed E-state index contributed by atoms with van der Waals surface area (Å²) < 4.78 is 0. The van der Waals surface area contributed by atoms with Gasteiger partial charge in [0.1, 0.15) is 5.60 Å². The van der Waals surface area contributed by atoms with Gasteiger partial charge in [-0.15, -0.1) is 0 Å². The summed E-state index contributed by atoms with van der Waals surface area (Å²) in [7, 11) is 0. The highest BCUT2D eigenvalue weighted by Gasteiger charge is 2.36. The van der Waals surface area contributed by atoms with Crippen LogP contribution in [0.3, 0.4) is 0 Å². The number of nitrogens with one attached hydrogen (secondary N) is 2. The molecule has 0 spiro atoms. The molecule has 1 saturated heterocycles. The van der Waals surface area contributed by atoms with E-state index in [1.165, 1.54) is 6.42 Å². The van der Waals surface area contributed by atoms with E-state index in [1.807, 2.05) is 12.1 Å². The molecule has 2 fully saturated rings. The molecule has 5 nitrogen and oxygen atoms in total. The van der Waals surface area contributed by atoms with Gasteiger partial charge in [-0.25, -0.2) is 0 Å². The molecule has 0 radical (unpaired) electrons. The molecule has 1 aliphatic heterocycles. The summed E-state index contributed by atoms with van der Waals surface area (Å²) in [5, 5.41) is 25.7. The second kappa shape index (κ2) is 5.53. The third-order valence-electron chi connectivity index (χ3n) is 4.39. The van der Waals surface area contributed by atoms with Gasteiger partial charge < -0.3 is 15.7 Å². The van der Waals surface area contributed by atoms with Crippen LogP contribution in [0.25, 0.3) is 0 Å². The van der Waals surface area contributed by atoms with Crippen molar-refractivity contribution in [3.05, 3.63) is 24.0 Å². The zero-order valence-electron chi connectivity index (χ0n) is 11.2. The van der Waals surface area contributed by atoms with E-state index in [2.05, 4.69) is 20.8 Å². The van der Waals surface area contributed by atoms with Gasteiger partial charge in [0.2, 0.25) is 0 Å². The minimum absolute atomic E-state index is 0.529. The Bertz CT molecular complexity index is 397. The Kier molecular flexibility index (Phi) is 3.77. The number of nitrogens with zero attached hydrogens (tertiary/aromatic N) is 2. The van der Waals surface area contributed by atoms with E-state index in [1.54, 1.807) is 6.20 Å². The Morgan fingerprint density at radius 1 is 1.26 bits per heavy atom. The van der Waals surface area contributed by atoms with Crippen molar-refractivity contribution in [3.8, 4) is 0 Å². The van der Waals surface area contributed by atoms with E-state index in [4.69, 9.17) is 0 Å². The predicted octanol–water partition coefficient (Wildman–Crippen LogP) is 0.558. The third kappa shape index (κ3) is 2.94. The van der Waals surface area contributed by atoms with Crippen molar-refractivity contribution in [2.24, 2.45) is 0 Å². The van der Waals surface area contributed by atoms with Crippen LogP contribution in [0.1, 0.15) is 37.8 Å². The topological polar surface area (TPSA) is 70.1 Å². The molecule has 1 atom stereocenters. The number of rotatable bonds is 3. The molecule has 104 valence electrons. The molecule has 0 unspecified atom stereocenters. The normalized spacial score (nSPS) is 35.4. The van der Waals surface area contributed by atoms with Crippen molar-refractivity contribution in [1.82, 2.24) is 20.8 Å². The van der Waals surface area contributed by atoms with Crippen molar-refractivity contribution in [1.29, 1.82) is 0 Å². The molecule has 3 N–H and O–H groups in total. The van der Waals surface area contributed by atoms with Crippen LogP contribution in [0.15, 0.2) is 18.3 Å². The van der Waals surface area contributed by atoms with Crippen LogP contribution in [0.5, 0.6) is 0 Å². The Morgan fingerprint density at radius 2 is 2.11 bits per heavy atom. The predicted molar refractivity (Wildman–Crippen MR) is 72.6 cm³/mol. The lowest BCUT2D eigenvalue weighted by molar-refractivity contribution is -0.0137. The Labute approximate surface area is 113 Å². The van der Waals surface area contributed by atoms with E-state index in [9.17, 15) is 5.11 Å². The Balaban J connectivity index is 1.56. The highest BCUT2D eigenvalue weighted by Crippen LogP contribution is 2.35. The summed E-state index contributed by atoms with van der Waals surface area (Å²) in [6.45, 7) is 2.19. The van der Waals surface area contributed by atoms with Crippen LogP contribution in [-0.2, 0) is 5.60 Å². The molecule has 2 heterocycles. The van der Waals surface area contributed by atoms with Crippen molar-refractivity contribution >= 4 is 0 Å². The van der Waals surface area contributed by atoms with E-state index >= 15 is 0 Å². The largest absolute Gasteiger partial charge is 0.383 e. The van der Waals surface area contributed by atoms with Gasteiger partial charge in [0.15, 0.2) is 0 Å². The van der Waals surface area contributed by atoms with E-state index in [-0.39, 0.29) is 0 Å². The van der Waals surface area contributed by atoms with Gasteiger partial charge in [-0.2, -0.15) is 10.2 Å². The lowest BCUT2D eigenvalue weighted by Gasteiger charge is -2.36. The summed E-state index contributed by atoms with van der Waals surface area (Å²) in [5.41, 5.74) is -0.0589. The molecule has 5 heteroatoms. The maximum atomic E-state index is 10.7. The summed E-state index contributed by atoms with van der Waals surface area (Å²) >= 11 is 0. The Morgan fingerprint density at radius 3 is 2.74 bits per heavy atom. The highest BCUT2D eigenvalue weighted by atomic mass is 16.3. The van der Waals surface area contributed by atoms with Gasteiger partial charge >= 0.3 is 0 Å². The standard InChI is InChI=1S/C14H22N4O/c19-14(13-2-1-8-16-18-13)6-3-11(4-7-14)17-12-5-9-15-10-12/h1-2,8,11-12,15,17,19H,3-7,9-10H2/t11?,12-,14?/m0/s1. The number of aromatic nitrogens is 2. The molecule has 0 amide bonds. The van der Waals surface area contributed by atoms with E-state index in [0.717, 1.165) is 44.5 Å². The third-order valence-corrected chi connectivity index (χ3v) is 4.39. The van der Waals surface area contributed by atoms with Gasteiger partial charge in [-0.1, -0.05) is 0 Å². The number of hydrogen-bond acceptors (Lipinski definition) is 5. The number of aliphatic hydroxyl groups is 1. The summed E-state index contributed by atoms with van der Waals surface area (Å²) in [4.78, 5) is 0. The molecule has 3 rings (SSSR count). The summed E-state index contributed by atoms with van der Waals surface area (Å²) in [5.74, 6) is 0. The molecule has 2 aliphatic rings. The van der Waals surface area contributed by atoms with Crippen LogP contribution in [0.2, 0.25) is 0 Å². The lowest BCUT2D eigenvalue weighted by Crippen LogP contribution is -2.45. The average Bonchev–Trinajstić information content (AvgIpc) is 2.96. The number of hydrogen-bond donors (Lipinski definition) is 3. The van der Waals surface area contributed by atoms with Crippen LogP contribution in [0, 0.1) is 0 Å². The quantitative estimate of drug-likeness (QED) is 0.742. The second-order valence-corrected chi connectivity index (χ2v) is 5.77. The summed E-state index contributed by atoms with van der Waals surface area (Å²) in [6.07, 6.45) is 6.40. The Hall–Kier alpha value is -1.04. The lowest BCUT2D eigenvalue weighted by atomic mass is 9.80. The van der Waals surface area contributed by atoms with E-state index in [0.29, 0.717) is 12.1 Å². The molecule has 19 heavy (non-hydrogen) atoms. The molecular formula is C14H22N4O. The zero-order valence-corrected chi connectivity index (χ0v) is 11.2. The van der Waals surface area contributed by atoms with Crippen molar-refractivity contribution in [2.75, 3.05) is 13.1 Å². The summed E-state index contributed by atoms with van der Waals surface area (Å²) in [6, 6.07) is 4.85. The fourth-order valence-corrected chi connectivity index (χ4v) is 3.20. The fraction of sp³-hybridized carbons (Fsp3) is 0.714. The molecule has 1 aromatic rings. The smallest absolute Gasteiger partial charge is 0.108 e. The van der Waals surface area contributed by atoms with Crippen LogP contribution < -0.4 is 10.6 Å². The first-order valence-electron chi connectivity index (χ1n) is 7.24. The molecule has 0 aromatic carbocycles. The maximum absolute atomic E-state index is 10.7. The highest BCUT2D eigenvalue weighted by molar-refractivity contribution is 5.12. The average molecular weight is 262 g/mol. The monoisotopic (exact) mass is 262 g/mol. The van der Waals surface area contributed by atoms with Gasteiger partial charge in [0, 0.05) is 24.8 Å². The van der Waals surface area contributed by atoms with Crippen LogP contribution in [-0.4, -0.2) is 40.5 Å². The van der Waals surface area contributed by atoms with Gasteiger partial charge in [0.05, 0.1) is 5.69 Å². The van der Waals surface area contributed by atoms with Crippen LogP contribution in [0.4, 0.5) is 0 Å². The second-order valence-electron chi connectivity index (χ2n) is 5.77. The zero-order chi connectivity index (χ0) is 13.1. The first-order chi connectivity index (χ1) is 9.26.